The summed E-state index contributed by atoms with van der Waals surface area (Å²) in [7, 11) is 0. The van der Waals surface area contributed by atoms with E-state index in [2.05, 4.69) is 50.0 Å². The average Bonchev–Trinajstić information content (AvgIpc) is 1.90. The van der Waals surface area contributed by atoms with Crippen molar-refractivity contribution in [2.75, 3.05) is 0 Å². The number of hydrogen-bond acceptors (Lipinski definition) is 0. The van der Waals surface area contributed by atoms with Crippen LogP contribution in [0.25, 0.3) is 0 Å². The molecule has 1 unspecified atom stereocenters. The first-order valence-corrected chi connectivity index (χ1v) is 9.96. The third kappa shape index (κ3) is 2.15. The van der Waals surface area contributed by atoms with E-state index in [0.717, 1.165) is 0 Å². The Morgan fingerprint density at radius 2 is 1.78 bits per heavy atom. The SMILES string of the molecule is C[As](Br)c1ccccc1. The van der Waals surface area contributed by atoms with Crippen molar-refractivity contribution >= 4 is 31.1 Å². The van der Waals surface area contributed by atoms with Crippen LogP contribution >= 0.6 is 13.9 Å². The molecule has 0 heterocycles. The van der Waals surface area contributed by atoms with Gasteiger partial charge in [-0.15, -0.1) is 0 Å². The van der Waals surface area contributed by atoms with Crippen LogP contribution in [-0.4, -0.2) is 12.8 Å². The molecule has 0 aliphatic carbocycles. The fraction of sp³-hybridized carbons (Fsp3) is 0.143. The molecule has 0 radical (unpaired) electrons. The molecule has 0 aliphatic heterocycles. The number of halogens is 1. The Bertz CT molecular complexity index is 172. The molecule has 0 fully saturated rings. The molecule has 0 aromatic heterocycles. The van der Waals surface area contributed by atoms with Crippen LogP contribution in [0.3, 0.4) is 0 Å². The summed E-state index contributed by atoms with van der Waals surface area (Å²) in [5.74, 6) is 0. The molecule has 0 spiro atoms. The van der Waals surface area contributed by atoms with Crippen molar-refractivity contribution < 1.29 is 0 Å². The van der Waals surface area contributed by atoms with Crippen molar-refractivity contribution in [3.63, 3.8) is 0 Å². The minimum absolute atomic E-state index is 0.776. The Kier molecular flexibility index (Phi) is 2.81. The molecule has 0 amide bonds. The van der Waals surface area contributed by atoms with E-state index in [1.807, 2.05) is 0 Å². The fourth-order valence-corrected chi connectivity index (χ4v) is 3.09. The van der Waals surface area contributed by atoms with E-state index in [0.29, 0.717) is 0 Å². The van der Waals surface area contributed by atoms with Crippen LogP contribution in [0.1, 0.15) is 0 Å². The Balaban J connectivity index is 2.85. The van der Waals surface area contributed by atoms with Gasteiger partial charge in [0.05, 0.1) is 0 Å². The minimum atomic E-state index is -0.776. The molecular formula is C7H8AsBr. The maximum atomic E-state index is 3.63. The predicted octanol–water partition coefficient (Wildman–Crippen LogP) is 1.91. The van der Waals surface area contributed by atoms with Crippen molar-refractivity contribution in [2.24, 2.45) is 0 Å². The van der Waals surface area contributed by atoms with Crippen molar-refractivity contribution in [1.82, 2.24) is 0 Å². The van der Waals surface area contributed by atoms with Crippen LogP contribution in [0.2, 0.25) is 5.71 Å². The second-order valence-electron chi connectivity index (χ2n) is 1.81. The Morgan fingerprint density at radius 1 is 1.22 bits per heavy atom. The third-order valence-electron chi connectivity index (χ3n) is 1.11. The zero-order valence-electron chi connectivity index (χ0n) is 5.21. The van der Waals surface area contributed by atoms with Crippen LogP contribution in [0, 0.1) is 0 Å². The second-order valence-corrected chi connectivity index (χ2v) is 10.4. The van der Waals surface area contributed by atoms with Crippen LogP contribution < -0.4 is 4.35 Å². The number of rotatable bonds is 1. The summed E-state index contributed by atoms with van der Waals surface area (Å²) >= 11 is 2.85. The third-order valence-corrected chi connectivity index (χ3v) is 5.36. The second kappa shape index (κ2) is 3.43. The van der Waals surface area contributed by atoms with Crippen molar-refractivity contribution in [1.29, 1.82) is 0 Å². The molecule has 48 valence electrons. The summed E-state index contributed by atoms with van der Waals surface area (Å²) in [4.78, 5) is 0. The molecule has 0 nitrogen and oxygen atoms in total. The molecule has 1 aromatic carbocycles. The average molecular weight is 247 g/mol. The van der Waals surface area contributed by atoms with Crippen LogP contribution in [0.5, 0.6) is 0 Å². The molecule has 0 saturated carbocycles. The summed E-state index contributed by atoms with van der Waals surface area (Å²) in [6.45, 7) is 0. The first kappa shape index (κ1) is 7.37. The van der Waals surface area contributed by atoms with Crippen LogP contribution in [0.4, 0.5) is 0 Å². The molecule has 0 N–H and O–H groups in total. The molecular weight excluding hydrogens is 239 g/mol. The van der Waals surface area contributed by atoms with Gasteiger partial charge < -0.3 is 0 Å². The van der Waals surface area contributed by atoms with Gasteiger partial charge >= 0.3 is 67.1 Å². The molecule has 0 bridgehead atoms. The van der Waals surface area contributed by atoms with Crippen molar-refractivity contribution in [2.45, 2.75) is 5.71 Å². The predicted molar refractivity (Wildman–Crippen MR) is 46.6 cm³/mol. The molecule has 0 saturated heterocycles. The van der Waals surface area contributed by atoms with E-state index >= 15 is 0 Å². The van der Waals surface area contributed by atoms with Gasteiger partial charge in [-0.05, 0) is 0 Å². The van der Waals surface area contributed by atoms with Crippen LogP contribution in [-0.2, 0) is 0 Å². The zero-order valence-corrected chi connectivity index (χ0v) is 8.67. The van der Waals surface area contributed by atoms with Crippen LogP contribution in [0.15, 0.2) is 30.3 Å². The topological polar surface area (TPSA) is 0 Å². The first-order valence-electron chi connectivity index (χ1n) is 2.75. The van der Waals surface area contributed by atoms with Crippen molar-refractivity contribution in [3.05, 3.63) is 30.3 Å². The first-order chi connectivity index (χ1) is 4.30. The van der Waals surface area contributed by atoms with Gasteiger partial charge in [0.15, 0.2) is 0 Å². The van der Waals surface area contributed by atoms with Crippen molar-refractivity contribution in [3.8, 4) is 0 Å². The molecule has 1 aromatic rings. The number of benzene rings is 1. The fourth-order valence-electron chi connectivity index (χ4n) is 0.633. The summed E-state index contributed by atoms with van der Waals surface area (Å²) in [6, 6.07) is 10.6. The molecule has 0 aliphatic rings. The zero-order chi connectivity index (χ0) is 6.69. The van der Waals surface area contributed by atoms with Gasteiger partial charge in [0.25, 0.3) is 0 Å². The van der Waals surface area contributed by atoms with E-state index in [1.165, 1.54) is 4.35 Å². The van der Waals surface area contributed by atoms with Gasteiger partial charge in [-0.2, -0.15) is 0 Å². The van der Waals surface area contributed by atoms with Gasteiger partial charge in [-0.1, -0.05) is 0 Å². The summed E-state index contributed by atoms with van der Waals surface area (Å²) in [5.41, 5.74) is 2.27. The van der Waals surface area contributed by atoms with E-state index in [9.17, 15) is 0 Å². The van der Waals surface area contributed by atoms with E-state index in [4.69, 9.17) is 0 Å². The van der Waals surface area contributed by atoms with Gasteiger partial charge in [-0.25, -0.2) is 0 Å². The molecule has 1 atom stereocenters. The standard InChI is InChI=1S/C7H8AsBr/c1-8(9)7-5-3-2-4-6-7/h2-6H,1H3. The van der Waals surface area contributed by atoms with Gasteiger partial charge in [0, 0.05) is 0 Å². The number of hydrogen-bond donors (Lipinski definition) is 0. The summed E-state index contributed by atoms with van der Waals surface area (Å²) in [6.07, 6.45) is 0. The Labute approximate surface area is 67.1 Å². The molecule has 2 heteroatoms. The molecule has 1 rings (SSSR count). The Hall–Kier alpha value is 0.258. The summed E-state index contributed by atoms with van der Waals surface area (Å²) in [5, 5.41) is 0. The van der Waals surface area contributed by atoms with Gasteiger partial charge in [-0.3, -0.25) is 0 Å². The summed E-state index contributed by atoms with van der Waals surface area (Å²) < 4.78 is 1.48. The molecule has 9 heavy (non-hydrogen) atoms. The quantitative estimate of drug-likeness (QED) is 0.665. The van der Waals surface area contributed by atoms with E-state index < -0.39 is 12.8 Å². The van der Waals surface area contributed by atoms with E-state index in [-0.39, 0.29) is 0 Å². The van der Waals surface area contributed by atoms with E-state index in [1.54, 1.807) is 0 Å². The monoisotopic (exact) mass is 246 g/mol. The maximum absolute atomic E-state index is 3.63. The normalized spacial score (nSPS) is 13.1. The Morgan fingerprint density at radius 3 is 2.11 bits per heavy atom. The van der Waals surface area contributed by atoms with Gasteiger partial charge in [0.1, 0.15) is 0 Å². The van der Waals surface area contributed by atoms with Gasteiger partial charge in [0.2, 0.25) is 0 Å².